The van der Waals surface area contributed by atoms with Gasteiger partial charge in [-0.15, -0.1) is 24.0 Å². The van der Waals surface area contributed by atoms with Gasteiger partial charge < -0.3 is 24.8 Å². The second kappa shape index (κ2) is 12.1. The van der Waals surface area contributed by atoms with E-state index in [1.54, 1.807) is 19.5 Å². The summed E-state index contributed by atoms with van der Waals surface area (Å²) in [6, 6.07) is 10.1. The van der Waals surface area contributed by atoms with Crippen LogP contribution in [0.4, 0.5) is 11.6 Å². The minimum Gasteiger partial charge on any atom is -0.495 e. The van der Waals surface area contributed by atoms with Crippen LogP contribution in [0.2, 0.25) is 0 Å². The Bertz CT molecular complexity index is 858. The van der Waals surface area contributed by atoms with Crippen molar-refractivity contribution in [3.8, 4) is 5.75 Å². The first-order valence-corrected chi connectivity index (χ1v) is 11.2. The number of nitrogens with one attached hydrogen (secondary N) is 1. The molecule has 8 nitrogen and oxygen atoms in total. The molecule has 2 aromatic rings. The number of hydrogen-bond donors (Lipinski definition) is 1. The van der Waals surface area contributed by atoms with Crippen LogP contribution in [0.3, 0.4) is 0 Å². The molecule has 1 N–H and O–H groups in total. The number of anilines is 2. The number of benzene rings is 1. The maximum atomic E-state index is 5.54. The third-order valence-electron chi connectivity index (χ3n) is 5.96. The monoisotopic (exact) mass is 551 g/mol. The Balaban J connectivity index is 0.00000289. The zero-order valence-corrected chi connectivity index (χ0v) is 21.3. The van der Waals surface area contributed by atoms with Gasteiger partial charge in [0.15, 0.2) is 5.96 Å². The fourth-order valence-electron chi connectivity index (χ4n) is 4.31. The molecule has 0 spiro atoms. The number of ether oxygens (including phenoxy) is 1. The molecule has 2 fully saturated rings. The van der Waals surface area contributed by atoms with Crippen LogP contribution in [-0.4, -0.2) is 80.3 Å². The highest BCUT2D eigenvalue weighted by molar-refractivity contribution is 14.0. The van der Waals surface area contributed by atoms with E-state index >= 15 is 0 Å². The first kappa shape index (κ1) is 24.3. The van der Waals surface area contributed by atoms with Crippen LogP contribution in [0.5, 0.6) is 5.75 Å². The lowest BCUT2D eigenvalue weighted by Gasteiger charge is -2.36. The average molecular weight is 551 g/mol. The Hall–Kier alpha value is -2.30. The lowest BCUT2D eigenvalue weighted by Crippen LogP contribution is -2.53. The number of aliphatic imine (C=N–C) groups is 1. The van der Waals surface area contributed by atoms with Crippen LogP contribution >= 0.6 is 24.0 Å². The van der Waals surface area contributed by atoms with Crippen molar-refractivity contribution in [2.24, 2.45) is 10.9 Å². The highest BCUT2D eigenvalue weighted by Crippen LogP contribution is 2.32. The minimum absolute atomic E-state index is 0. The molecule has 32 heavy (non-hydrogen) atoms. The molecule has 0 amide bonds. The van der Waals surface area contributed by atoms with Gasteiger partial charge in [-0.3, -0.25) is 4.99 Å². The van der Waals surface area contributed by atoms with Gasteiger partial charge in [0, 0.05) is 64.8 Å². The predicted molar refractivity (Wildman–Crippen MR) is 141 cm³/mol. The summed E-state index contributed by atoms with van der Waals surface area (Å²) in [5, 5.41) is 3.48. The second-order valence-electron chi connectivity index (χ2n) is 7.99. The summed E-state index contributed by atoms with van der Waals surface area (Å²) < 4.78 is 5.54. The average Bonchev–Trinajstić information content (AvgIpc) is 3.31. The molecule has 1 atom stereocenters. The molecule has 4 rings (SSSR count). The fourth-order valence-corrected chi connectivity index (χ4v) is 4.31. The number of piperazine rings is 1. The third-order valence-corrected chi connectivity index (χ3v) is 5.96. The highest BCUT2D eigenvalue weighted by atomic mass is 127. The number of halogens is 1. The van der Waals surface area contributed by atoms with Gasteiger partial charge in [-0.25, -0.2) is 9.97 Å². The Kier molecular flexibility index (Phi) is 9.19. The summed E-state index contributed by atoms with van der Waals surface area (Å²) in [4.78, 5) is 20.8. The van der Waals surface area contributed by atoms with Crippen LogP contribution in [0.15, 0.2) is 47.7 Å². The third kappa shape index (κ3) is 5.93. The van der Waals surface area contributed by atoms with Gasteiger partial charge in [-0.05, 0) is 37.5 Å². The van der Waals surface area contributed by atoms with Gasteiger partial charge >= 0.3 is 0 Å². The first-order valence-electron chi connectivity index (χ1n) is 11.2. The molecular weight excluding hydrogens is 517 g/mol. The molecule has 1 aromatic heterocycles. The standard InChI is InChI=1S/C23H33N7O.HI/c1-3-24-22(28-13-15-29(16-14-28)23-25-10-6-11-26-23)27-17-19-9-12-30(18-19)20-7-4-5-8-21(20)31-2;/h4-8,10-11,19H,3,9,12-18H2,1-2H3,(H,24,27);1H. The first-order chi connectivity index (χ1) is 15.3. The number of methoxy groups -OCH3 is 1. The Morgan fingerprint density at radius 2 is 1.81 bits per heavy atom. The van der Waals surface area contributed by atoms with E-state index in [2.05, 4.69) is 49.0 Å². The van der Waals surface area contributed by atoms with E-state index in [4.69, 9.17) is 9.73 Å². The lowest BCUT2D eigenvalue weighted by atomic mass is 10.1. The largest absolute Gasteiger partial charge is 0.495 e. The Morgan fingerprint density at radius 1 is 1.06 bits per heavy atom. The number of para-hydroxylation sites is 2. The van der Waals surface area contributed by atoms with E-state index < -0.39 is 0 Å². The van der Waals surface area contributed by atoms with Gasteiger partial charge in [0.2, 0.25) is 5.95 Å². The van der Waals surface area contributed by atoms with E-state index in [0.29, 0.717) is 5.92 Å². The Morgan fingerprint density at radius 3 is 2.53 bits per heavy atom. The Labute approximate surface area is 208 Å². The van der Waals surface area contributed by atoms with Gasteiger partial charge in [-0.1, -0.05) is 12.1 Å². The van der Waals surface area contributed by atoms with Crippen molar-refractivity contribution in [1.82, 2.24) is 20.2 Å². The molecule has 0 aliphatic carbocycles. The molecule has 9 heteroatoms. The van der Waals surface area contributed by atoms with E-state index in [-0.39, 0.29) is 24.0 Å². The zero-order valence-electron chi connectivity index (χ0n) is 19.0. The predicted octanol–water partition coefficient (Wildman–Crippen LogP) is 2.72. The van der Waals surface area contributed by atoms with Crippen molar-refractivity contribution < 1.29 is 4.74 Å². The molecule has 0 bridgehead atoms. The molecule has 1 aromatic carbocycles. The van der Waals surface area contributed by atoms with Crippen LogP contribution in [0.1, 0.15) is 13.3 Å². The van der Waals surface area contributed by atoms with Crippen LogP contribution in [0, 0.1) is 5.92 Å². The maximum absolute atomic E-state index is 5.54. The quantitative estimate of drug-likeness (QED) is 0.337. The summed E-state index contributed by atoms with van der Waals surface area (Å²) >= 11 is 0. The summed E-state index contributed by atoms with van der Waals surface area (Å²) in [7, 11) is 1.74. The number of rotatable bonds is 6. The van der Waals surface area contributed by atoms with Gasteiger partial charge in [-0.2, -0.15) is 0 Å². The van der Waals surface area contributed by atoms with Crippen molar-refractivity contribution in [3.63, 3.8) is 0 Å². The zero-order chi connectivity index (χ0) is 21.5. The van der Waals surface area contributed by atoms with Crippen LogP contribution in [0.25, 0.3) is 0 Å². The number of nitrogens with zero attached hydrogens (tertiary/aromatic N) is 6. The number of guanidine groups is 1. The van der Waals surface area contributed by atoms with Gasteiger partial charge in [0.05, 0.1) is 12.8 Å². The summed E-state index contributed by atoms with van der Waals surface area (Å²) in [6.07, 6.45) is 4.76. The lowest BCUT2D eigenvalue weighted by molar-refractivity contribution is 0.369. The van der Waals surface area contributed by atoms with Gasteiger partial charge in [0.25, 0.3) is 0 Å². The van der Waals surface area contributed by atoms with E-state index in [1.807, 2.05) is 18.2 Å². The van der Waals surface area contributed by atoms with Crippen molar-refractivity contribution >= 4 is 41.6 Å². The molecule has 0 radical (unpaired) electrons. The molecule has 2 aliphatic rings. The van der Waals surface area contributed by atoms with E-state index in [9.17, 15) is 0 Å². The molecule has 3 heterocycles. The topological polar surface area (TPSA) is 69.1 Å². The van der Waals surface area contributed by atoms with Gasteiger partial charge in [0.1, 0.15) is 5.75 Å². The normalized spacial score (nSPS) is 19.0. The molecule has 174 valence electrons. The number of aromatic nitrogens is 2. The van der Waals surface area contributed by atoms with Crippen LogP contribution < -0.4 is 19.9 Å². The molecular formula is C23H34IN7O. The molecule has 0 saturated carbocycles. The van der Waals surface area contributed by atoms with Crippen molar-refractivity contribution in [1.29, 1.82) is 0 Å². The maximum Gasteiger partial charge on any atom is 0.225 e. The van der Waals surface area contributed by atoms with Crippen LogP contribution in [-0.2, 0) is 0 Å². The summed E-state index contributed by atoms with van der Waals surface area (Å²) in [5.41, 5.74) is 1.18. The second-order valence-corrected chi connectivity index (χ2v) is 7.99. The summed E-state index contributed by atoms with van der Waals surface area (Å²) in [6.45, 7) is 9.55. The minimum atomic E-state index is 0. The highest BCUT2D eigenvalue weighted by Gasteiger charge is 2.25. The molecule has 1 unspecified atom stereocenters. The van der Waals surface area contributed by atoms with E-state index in [0.717, 1.165) is 76.4 Å². The van der Waals surface area contributed by atoms with Crippen molar-refractivity contribution in [2.75, 3.05) is 69.3 Å². The molecule has 2 aliphatic heterocycles. The van der Waals surface area contributed by atoms with Crippen molar-refractivity contribution in [2.45, 2.75) is 13.3 Å². The fraction of sp³-hybridized carbons (Fsp3) is 0.522. The van der Waals surface area contributed by atoms with Crippen molar-refractivity contribution in [3.05, 3.63) is 42.7 Å². The summed E-state index contributed by atoms with van der Waals surface area (Å²) in [5.74, 6) is 3.33. The van der Waals surface area contributed by atoms with E-state index in [1.165, 1.54) is 5.69 Å². The SMILES string of the molecule is CCNC(=NCC1CCN(c2ccccc2OC)C1)N1CCN(c2ncccn2)CC1.I. The number of hydrogen-bond acceptors (Lipinski definition) is 6. The molecule has 2 saturated heterocycles. The smallest absolute Gasteiger partial charge is 0.225 e.